The lowest BCUT2D eigenvalue weighted by Crippen LogP contribution is -2.12. The number of furan rings is 1. The van der Waals surface area contributed by atoms with Gasteiger partial charge in [-0.15, -0.1) is 0 Å². The summed E-state index contributed by atoms with van der Waals surface area (Å²) in [7, 11) is 1.96. The Morgan fingerprint density at radius 1 is 1.22 bits per heavy atom. The molecule has 18 heavy (non-hydrogen) atoms. The third-order valence-corrected chi connectivity index (χ3v) is 3.63. The third-order valence-electron chi connectivity index (χ3n) is 3.63. The Balaban J connectivity index is 2.72. The summed E-state index contributed by atoms with van der Waals surface area (Å²) in [5.74, 6) is 1.05. The smallest absolute Gasteiger partial charge is 0.138 e. The van der Waals surface area contributed by atoms with E-state index in [-0.39, 0.29) is 11.5 Å². The van der Waals surface area contributed by atoms with Gasteiger partial charge in [-0.05, 0) is 31.9 Å². The van der Waals surface area contributed by atoms with E-state index in [2.05, 4.69) is 58.1 Å². The topological polar surface area (TPSA) is 25.2 Å². The van der Waals surface area contributed by atoms with E-state index in [0.29, 0.717) is 0 Å². The maximum absolute atomic E-state index is 6.15. The second kappa shape index (κ2) is 4.43. The van der Waals surface area contributed by atoms with Crippen molar-refractivity contribution in [2.45, 2.75) is 46.1 Å². The van der Waals surface area contributed by atoms with Crippen molar-refractivity contribution in [3.63, 3.8) is 0 Å². The molecule has 1 N–H and O–H groups in total. The average Bonchev–Trinajstić information content (AvgIpc) is 2.65. The Labute approximate surface area is 109 Å². The molecule has 1 atom stereocenters. The highest BCUT2D eigenvalue weighted by molar-refractivity contribution is 5.85. The number of aryl methyl sites for hydroxylation is 1. The van der Waals surface area contributed by atoms with E-state index < -0.39 is 0 Å². The summed E-state index contributed by atoms with van der Waals surface area (Å²) in [6, 6.07) is 6.68. The van der Waals surface area contributed by atoms with Gasteiger partial charge in [0.15, 0.2) is 0 Å². The molecule has 1 heterocycles. The molecule has 1 aromatic heterocycles. The number of fused-ring (bicyclic) bond motifs is 1. The van der Waals surface area contributed by atoms with E-state index in [0.717, 1.165) is 11.3 Å². The molecule has 0 spiro atoms. The van der Waals surface area contributed by atoms with Crippen molar-refractivity contribution in [3.8, 4) is 0 Å². The van der Waals surface area contributed by atoms with Crippen LogP contribution in [0.3, 0.4) is 0 Å². The third kappa shape index (κ3) is 2.05. The van der Waals surface area contributed by atoms with Crippen LogP contribution >= 0.6 is 0 Å². The summed E-state index contributed by atoms with van der Waals surface area (Å²) in [5.41, 5.74) is 3.67. The van der Waals surface area contributed by atoms with Crippen LogP contribution in [-0.2, 0) is 5.41 Å². The first kappa shape index (κ1) is 13.2. The number of hydrogen-bond donors (Lipinski definition) is 1. The fourth-order valence-electron chi connectivity index (χ4n) is 2.40. The van der Waals surface area contributed by atoms with Gasteiger partial charge in [-0.3, -0.25) is 0 Å². The molecule has 2 nitrogen and oxygen atoms in total. The molecule has 0 bridgehead atoms. The van der Waals surface area contributed by atoms with Crippen LogP contribution in [0.4, 0.5) is 0 Å². The van der Waals surface area contributed by atoms with Crippen molar-refractivity contribution in [1.29, 1.82) is 0 Å². The Morgan fingerprint density at radius 2 is 1.89 bits per heavy atom. The van der Waals surface area contributed by atoms with Crippen LogP contribution in [0.2, 0.25) is 0 Å². The van der Waals surface area contributed by atoms with Gasteiger partial charge in [-0.1, -0.05) is 39.0 Å². The van der Waals surface area contributed by atoms with Crippen molar-refractivity contribution >= 4 is 11.0 Å². The molecule has 1 aromatic carbocycles. The number of rotatable bonds is 2. The fraction of sp³-hybridized carbons (Fsp3) is 0.500. The summed E-state index contributed by atoms with van der Waals surface area (Å²) in [6.45, 7) is 10.9. The molecule has 1 unspecified atom stereocenters. The van der Waals surface area contributed by atoms with E-state index in [4.69, 9.17) is 4.42 Å². The van der Waals surface area contributed by atoms with Gasteiger partial charge in [0.05, 0.1) is 6.04 Å². The quantitative estimate of drug-likeness (QED) is 0.852. The first-order chi connectivity index (χ1) is 8.36. The molecule has 2 rings (SSSR count). The molecule has 0 radical (unpaired) electrons. The lowest BCUT2D eigenvalue weighted by Gasteiger charge is -2.18. The number of para-hydroxylation sites is 1. The Hall–Kier alpha value is -1.28. The van der Waals surface area contributed by atoms with Gasteiger partial charge in [0.2, 0.25) is 0 Å². The lowest BCUT2D eigenvalue weighted by atomic mass is 9.86. The maximum atomic E-state index is 6.15. The van der Waals surface area contributed by atoms with Crippen molar-refractivity contribution in [2.24, 2.45) is 0 Å². The highest BCUT2D eigenvalue weighted by Crippen LogP contribution is 2.36. The van der Waals surface area contributed by atoms with Gasteiger partial charge >= 0.3 is 0 Å². The zero-order chi connectivity index (χ0) is 13.5. The van der Waals surface area contributed by atoms with E-state index >= 15 is 0 Å². The summed E-state index contributed by atoms with van der Waals surface area (Å²) in [6.07, 6.45) is 0. The predicted molar refractivity (Wildman–Crippen MR) is 77.1 cm³/mol. The minimum atomic E-state index is 0.101. The van der Waals surface area contributed by atoms with Crippen molar-refractivity contribution in [1.82, 2.24) is 5.32 Å². The van der Waals surface area contributed by atoms with Gasteiger partial charge in [-0.25, -0.2) is 0 Å². The van der Waals surface area contributed by atoms with Crippen molar-refractivity contribution < 1.29 is 4.42 Å². The Morgan fingerprint density at radius 3 is 2.44 bits per heavy atom. The standard InChI is InChI=1S/C16H23NO/c1-10-12-8-7-9-13(16(3,4)5)15(12)18-14(10)11(2)17-6/h7-9,11,17H,1-6H3. The Bertz CT molecular complexity index is 560. The lowest BCUT2D eigenvalue weighted by molar-refractivity contribution is 0.463. The second-order valence-electron chi connectivity index (χ2n) is 6.03. The highest BCUT2D eigenvalue weighted by Gasteiger charge is 2.22. The molecule has 98 valence electrons. The van der Waals surface area contributed by atoms with Crippen LogP contribution in [0, 0.1) is 6.92 Å². The summed E-state index contributed by atoms with van der Waals surface area (Å²) in [5, 5.41) is 4.48. The van der Waals surface area contributed by atoms with Crippen molar-refractivity contribution in [3.05, 3.63) is 35.1 Å². The SMILES string of the molecule is CNC(C)c1oc2c(C(C)(C)C)cccc2c1C. The molecule has 0 saturated heterocycles. The van der Waals surface area contributed by atoms with Gasteiger partial charge in [-0.2, -0.15) is 0 Å². The van der Waals surface area contributed by atoms with Crippen LogP contribution in [0.25, 0.3) is 11.0 Å². The minimum absolute atomic E-state index is 0.101. The van der Waals surface area contributed by atoms with E-state index in [1.54, 1.807) is 0 Å². The largest absolute Gasteiger partial charge is 0.459 e. The van der Waals surface area contributed by atoms with E-state index in [9.17, 15) is 0 Å². The van der Waals surface area contributed by atoms with E-state index in [1.807, 2.05) is 7.05 Å². The monoisotopic (exact) mass is 245 g/mol. The first-order valence-corrected chi connectivity index (χ1v) is 6.56. The Kier molecular flexibility index (Phi) is 3.24. The predicted octanol–water partition coefficient (Wildman–Crippen LogP) is 4.32. The second-order valence-corrected chi connectivity index (χ2v) is 6.03. The van der Waals surface area contributed by atoms with Crippen molar-refractivity contribution in [2.75, 3.05) is 7.05 Å². The molecule has 0 saturated carbocycles. The van der Waals surface area contributed by atoms with Gasteiger partial charge in [0, 0.05) is 10.9 Å². The number of benzene rings is 1. The summed E-state index contributed by atoms with van der Waals surface area (Å²) < 4.78 is 6.15. The molecule has 0 aliphatic rings. The molecular weight excluding hydrogens is 222 g/mol. The minimum Gasteiger partial charge on any atom is -0.459 e. The van der Waals surface area contributed by atoms with Crippen LogP contribution in [0.15, 0.2) is 22.6 Å². The zero-order valence-electron chi connectivity index (χ0n) is 12.2. The first-order valence-electron chi connectivity index (χ1n) is 6.56. The van der Waals surface area contributed by atoms with Crippen LogP contribution < -0.4 is 5.32 Å². The summed E-state index contributed by atoms with van der Waals surface area (Å²) >= 11 is 0. The molecule has 2 heteroatoms. The molecular formula is C16H23NO. The normalized spacial score (nSPS) is 14.1. The van der Waals surface area contributed by atoms with Crippen LogP contribution in [0.1, 0.15) is 50.6 Å². The van der Waals surface area contributed by atoms with Crippen LogP contribution in [0.5, 0.6) is 0 Å². The molecule has 0 aliphatic carbocycles. The van der Waals surface area contributed by atoms with Gasteiger partial charge in [0.25, 0.3) is 0 Å². The number of hydrogen-bond acceptors (Lipinski definition) is 2. The molecule has 0 amide bonds. The molecule has 0 fully saturated rings. The number of nitrogens with one attached hydrogen (secondary N) is 1. The molecule has 0 aliphatic heterocycles. The fourth-order valence-corrected chi connectivity index (χ4v) is 2.40. The molecule has 2 aromatic rings. The van der Waals surface area contributed by atoms with Gasteiger partial charge < -0.3 is 9.73 Å². The van der Waals surface area contributed by atoms with Gasteiger partial charge in [0.1, 0.15) is 11.3 Å². The van der Waals surface area contributed by atoms with E-state index in [1.165, 1.54) is 16.5 Å². The maximum Gasteiger partial charge on any atom is 0.138 e. The van der Waals surface area contributed by atoms with Crippen LogP contribution in [-0.4, -0.2) is 7.05 Å². The average molecular weight is 245 g/mol. The summed E-state index contributed by atoms with van der Waals surface area (Å²) in [4.78, 5) is 0. The highest BCUT2D eigenvalue weighted by atomic mass is 16.3. The zero-order valence-corrected chi connectivity index (χ0v) is 12.2.